The van der Waals surface area contributed by atoms with Crippen molar-refractivity contribution in [2.45, 2.75) is 59.7 Å². The molecule has 0 aromatic carbocycles. The molecule has 2 aromatic heterocycles. The van der Waals surface area contributed by atoms with E-state index in [4.69, 9.17) is 4.98 Å². The summed E-state index contributed by atoms with van der Waals surface area (Å²) in [5.74, 6) is 1.90. The molecular formula is C21H31N3O2S2. The fraction of sp³-hybridized carbons (Fsp3) is 0.667. The van der Waals surface area contributed by atoms with Gasteiger partial charge in [-0.15, -0.1) is 11.3 Å². The maximum atomic E-state index is 13.2. The van der Waals surface area contributed by atoms with Crippen molar-refractivity contribution in [2.24, 2.45) is 17.8 Å². The third-order valence-corrected chi connectivity index (χ3v) is 7.41. The van der Waals surface area contributed by atoms with E-state index in [1.165, 1.54) is 18.2 Å². The molecule has 28 heavy (non-hydrogen) atoms. The van der Waals surface area contributed by atoms with Crippen LogP contribution in [-0.2, 0) is 11.3 Å². The van der Waals surface area contributed by atoms with Crippen LogP contribution < -0.4 is 5.56 Å². The van der Waals surface area contributed by atoms with Crippen LogP contribution in [-0.4, -0.2) is 39.2 Å². The van der Waals surface area contributed by atoms with E-state index in [0.29, 0.717) is 35.2 Å². The summed E-state index contributed by atoms with van der Waals surface area (Å²) in [5, 5.41) is 1.40. The molecule has 0 saturated carbocycles. The molecular weight excluding hydrogens is 390 g/mol. The van der Waals surface area contributed by atoms with Gasteiger partial charge in [-0.25, -0.2) is 4.98 Å². The Balaban J connectivity index is 1.87. The fourth-order valence-electron chi connectivity index (χ4n) is 4.03. The average Bonchev–Trinajstić information content (AvgIpc) is 2.88. The molecule has 1 aliphatic heterocycles. The Morgan fingerprint density at radius 1 is 1.25 bits per heavy atom. The molecule has 2 atom stereocenters. The van der Waals surface area contributed by atoms with E-state index < -0.39 is 0 Å². The number of likely N-dealkylation sites (tertiary alicyclic amines) is 1. The molecule has 3 rings (SSSR count). The number of amides is 1. The highest BCUT2D eigenvalue weighted by molar-refractivity contribution is 7.99. The highest BCUT2D eigenvalue weighted by atomic mass is 32.2. The van der Waals surface area contributed by atoms with Gasteiger partial charge in [0.2, 0.25) is 5.91 Å². The maximum Gasteiger partial charge on any atom is 0.263 e. The summed E-state index contributed by atoms with van der Waals surface area (Å²) in [4.78, 5) is 34.7. The second-order valence-corrected chi connectivity index (χ2v) is 10.8. The zero-order chi connectivity index (χ0) is 20.6. The number of hydrogen-bond acceptors (Lipinski definition) is 5. The van der Waals surface area contributed by atoms with Gasteiger partial charge in [0.15, 0.2) is 5.16 Å². The molecule has 1 aliphatic rings. The van der Waals surface area contributed by atoms with Crippen LogP contribution in [0.15, 0.2) is 9.95 Å². The minimum absolute atomic E-state index is 0.0238. The minimum atomic E-state index is 0.0238. The van der Waals surface area contributed by atoms with Gasteiger partial charge in [0.05, 0.1) is 11.1 Å². The first-order valence-electron chi connectivity index (χ1n) is 10.1. The van der Waals surface area contributed by atoms with Crippen molar-refractivity contribution in [2.75, 3.05) is 18.8 Å². The highest BCUT2D eigenvalue weighted by Crippen LogP contribution is 2.29. The number of carbonyl (C=O) groups excluding carboxylic acids is 1. The van der Waals surface area contributed by atoms with Gasteiger partial charge in [-0.3, -0.25) is 14.2 Å². The van der Waals surface area contributed by atoms with Crippen LogP contribution in [0.25, 0.3) is 10.2 Å². The van der Waals surface area contributed by atoms with Gasteiger partial charge in [0.25, 0.3) is 5.56 Å². The van der Waals surface area contributed by atoms with E-state index in [-0.39, 0.29) is 11.5 Å². The van der Waals surface area contributed by atoms with Crippen LogP contribution in [0.2, 0.25) is 0 Å². The van der Waals surface area contributed by atoms with E-state index in [9.17, 15) is 9.59 Å². The smallest absolute Gasteiger partial charge is 0.263 e. The van der Waals surface area contributed by atoms with Gasteiger partial charge < -0.3 is 4.90 Å². The summed E-state index contributed by atoms with van der Waals surface area (Å²) in [5.41, 5.74) is 1.05. The Hall–Kier alpha value is -1.34. The number of piperidine rings is 1. The predicted octanol–water partition coefficient (Wildman–Crippen LogP) is 4.33. The van der Waals surface area contributed by atoms with E-state index in [2.05, 4.69) is 27.7 Å². The van der Waals surface area contributed by atoms with Crippen LogP contribution in [0.4, 0.5) is 0 Å². The molecule has 7 heteroatoms. The Labute approximate surface area is 175 Å². The topological polar surface area (TPSA) is 55.2 Å². The summed E-state index contributed by atoms with van der Waals surface area (Å²) in [7, 11) is 0. The first-order chi connectivity index (χ1) is 13.2. The number of nitrogens with zero attached hydrogens (tertiary/aromatic N) is 3. The first kappa shape index (κ1) is 21.4. The van der Waals surface area contributed by atoms with Gasteiger partial charge >= 0.3 is 0 Å². The van der Waals surface area contributed by atoms with Crippen molar-refractivity contribution in [3.63, 3.8) is 0 Å². The monoisotopic (exact) mass is 421 g/mol. The molecule has 1 saturated heterocycles. The van der Waals surface area contributed by atoms with Crippen LogP contribution in [0, 0.1) is 31.6 Å². The number of thiophene rings is 1. The summed E-state index contributed by atoms with van der Waals surface area (Å²) in [6, 6.07) is 0. The lowest BCUT2D eigenvalue weighted by Gasteiger charge is -2.35. The number of carbonyl (C=O) groups is 1. The average molecular weight is 422 g/mol. The third kappa shape index (κ3) is 4.46. The van der Waals surface area contributed by atoms with E-state index in [1.807, 2.05) is 18.7 Å². The number of rotatable bonds is 5. The molecule has 0 bridgehead atoms. The number of aryl methyl sites for hydroxylation is 2. The van der Waals surface area contributed by atoms with E-state index in [1.54, 1.807) is 15.9 Å². The van der Waals surface area contributed by atoms with Crippen molar-refractivity contribution < 1.29 is 4.79 Å². The van der Waals surface area contributed by atoms with Crippen molar-refractivity contribution in [3.8, 4) is 0 Å². The highest BCUT2D eigenvalue weighted by Gasteiger charge is 2.26. The molecule has 3 heterocycles. The third-order valence-electron chi connectivity index (χ3n) is 5.35. The number of hydrogen-bond donors (Lipinski definition) is 0. The molecule has 2 aromatic rings. The molecule has 0 N–H and O–H groups in total. The summed E-state index contributed by atoms with van der Waals surface area (Å²) in [6.45, 7) is 14.9. The van der Waals surface area contributed by atoms with Crippen LogP contribution in [0.1, 0.15) is 44.6 Å². The summed E-state index contributed by atoms with van der Waals surface area (Å²) in [6.07, 6.45) is 1.18. The SMILES string of the molecule is Cc1sc2nc(SCC(=O)N3C[C@@H](C)C[C@H](C)C3)n(CC(C)C)c(=O)c2c1C. The number of fused-ring (bicyclic) bond motifs is 1. The van der Waals surface area contributed by atoms with Gasteiger partial charge in [0.1, 0.15) is 4.83 Å². The molecule has 1 fully saturated rings. The maximum absolute atomic E-state index is 13.2. The largest absolute Gasteiger partial charge is 0.341 e. The molecule has 0 aliphatic carbocycles. The normalized spacial score (nSPS) is 20.3. The standard InChI is InChI=1S/C21H31N3O2S2/c1-12(2)8-24-20(26)18-15(5)16(6)28-19(18)22-21(24)27-11-17(25)23-9-13(3)7-14(4)10-23/h12-14H,7-11H2,1-6H3/t13-,14-/m0/s1. The van der Waals surface area contributed by atoms with Crippen LogP contribution >= 0.6 is 23.1 Å². The van der Waals surface area contributed by atoms with Crippen LogP contribution in [0.3, 0.4) is 0 Å². The van der Waals surface area contributed by atoms with E-state index >= 15 is 0 Å². The molecule has 1 amide bonds. The zero-order valence-corrected chi connectivity index (χ0v) is 19.4. The van der Waals surface area contributed by atoms with Crippen molar-refractivity contribution in [1.82, 2.24) is 14.5 Å². The Kier molecular flexibility index (Phi) is 6.54. The Bertz CT molecular complexity index is 922. The predicted molar refractivity (Wildman–Crippen MR) is 118 cm³/mol. The minimum Gasteiger partial charge on any atom is -0.341 e. The van der Waals surface area contributed by atoms with Crippen LogP contribution in [0.5, 0.6) is 0 Å². The molecule has 0 unspecified atom stereocenters. The Morgan fingerprint density at radius 3 is 2.50 bits per heavy atom. The number of aromatic nitrogens is 2. The van der Waals surface area contributed by atoms with Gasteiger partial charge in [0, 0.05) is 24.5 Å². The summed E-state index contributed by atoms with van der Waals surface area (Å²) >= 11 is 2.97. The lowest BCUT2D eigenvalue weighted by Crippen LogP contribution is -2.43. The summed E-state index contributed by atoms with van der Waals surface area (Å²) < 4.78 is 1.77. The molecule has 0 spiro atoms. The lowest BCUT2D eigenvalue weighted by molar-refractivity contribution is -0.130. The van der Waals surface area contributed by atoms with Gasteiger partial charge in [-0.05, 0) is 43.6 Å². The van der Waals surface area contributed by atoms with Crippen molar-refractivity contribution >= 4 is 39.2 Å². The first-order valence-corrected chi connectivity index (χ1v) is 11.9. The quantitative estimate of drug-likeness (QED) is 0.533. The lowest BCUT2D eigenvalue weighted by atomic mass is 9.92. The molecule has 154 valence electrons. The van der Waals surface area contributed by atoms with Crippen molar-refractivity contribution in [1.29, 1.82) is 0 Å². The number of thioether (sulfide) groups is 1. The second-order valence-electron chi connectivity index (χ2n) is 8.70. The molecule has 5 nitrogen and oxygen atoms in total. The zero-order valence-electron chi connectivity index (χ0n) is 17.7. The second kappa shape index (κ2) is 8.57. The van der Waals surface area contributed by atoms with Crippen molar-refractivity contribution in [3.05, 3.63) is 20.8 Å². The van der Waals surface area contributed by atoms with Gasteiger partial charge in [-0.1, -0.05) is 39.5 Å². The Morgan fingerprint density at radius 2 is 1.89 bits per heavy atom. The fourth-order valence-corrected chi connectivity index (χ4v) is 6.01. The molecule has 0 radical (unpaired) electrons. The van der Waals surface area contributed by atoms with E-state index in [0.717, 1.165) is 33.7 Å². The van der Waals surface area contributed by atoms with Gasteiger partial charge in [-0.2, -0.15) is 0 Å².